The average Bonchev–Trinajstić information content (AvgIpc) is 2.53. The van der Waals surface area contributed by atoms with Crippen LogP contribution >= 0.6 is 0 Å². The van der Waals surface area contributed by atoms with Crippen molar-refractivity contribution in [2.45, 2.75) is 58.1 Å². The van der Waals surface area contributed by atoms with Gasteiger partial charge >= 0.3 is 0 Å². The Hall–Kier alpha value is -1.06. The standard InChI is InChI=1S/C18H29NO2/c1-14-8-10-18(11-9-14)21-13-17(20)12-19-15(2)16-6-4-3-5-7-16/h8-11,15-17,19-20H,3-7,12-13H2,1-2H3/t15-,17?/m1/s1. The lowest BCUT2D eigenvalue weighted by atomic mass is 9.84. The van der Waals surface area contributed by atoms with Crippen LogP contribution in [-0.2, 0) is 0 Å². The van der Waals surface area contributed by atoms with E-state index in [1.54, 1.807) is 0 Å². The monoisotopic (exact) mass is 291 g/mol. The summed E-state index contributed by atoms with van der Waals surface area (Å²) >= 11 is 0. The largest absolute Gasteiger partial charge is 0.491 e. The molecule has 0 amide bonds. The maximum absolute atomic E-state index is 10.0. The highest BCUT2D eigenvalue weighted by Crippen LogP contribution is 2.26. The molecule has 0 bridgehead atoms. The topological polar surface area (TPSA) is 41.5 Å². The molecule has 2 atom stereocenters. The van der Waals surface area contributed by atoms with E-state index in [9.17, 15) is 5.11 Å². The molecular formula is C18H29NO2. The molecule has 1 fully saturated rings. The van der Waals surface area contributed by atoms with Crippen LogP contribution in [0.3, 0.4) is 0 Å². The Balaban J connectivity index is 1.64. The average molecular weight is 291 g/mol. The Morgan fingerprint density at radius 3 is 2.52 bits per heavy atom. The van der Waals surface area contributed by atoms with Gasteiger partial charge in [-0.05, 0) is 44.7 Å². The second kappa shape index (κ2) is 8.40. The Morgan fingerprint density at radius 1 is 1.19 bits per heavy atom. The van der Waals surface area contributed by atoms with Gasteiger partial charge in [-0.3, -0.25) is 0 Å². The summed E-state index contributed by atoms with van der Waals surface area (Å²) in [7, 11) is 0. The molecule has 0 aromatic heterocycles. The molecule has 3 nitrogen and oxygen atoms in total. The van der Waals surface area contributed by atoms with Gasteiger partial charge in [0.15, 0.2) is 0 Å². The highest BCUT2D eigenvalue weighted by atomic mass is 16.5. The molecule has 1 aromatic carbocycles. The highest BCUT2D eigenvalue weighted by molar-refractivity contribution is 5.26. The van der Waals surface area contributed by atoms with Gasteiger partial charge in [0, 0.05) is 12.6 Å². The minimum absolute atomic E-state index is 0.341. The first-order valence-electron chi connectivity index (χ1n) is 8.26. The summed E-state index contributed by atoms with van der Waals surface area (Å²) in [4.78, 5) is 0. The molecule has 0 aliphatic heterocycles. The zero-order valence-corrected chi connectivity index (χ0v) is 13.3. The molecule has 1 unspecified atom stereocenters. The van der Waals surface area contributed by atoms with Gasteiger partial charge in [-0.15, -0.1) is 0 Å². The van der Waals surface area contributed by atoms with Crippen molar-refractivity contribution in [3.63, 3.8) is 0 Å². The number of ether oxygens (including phenoxy) is 1. The second-order valence-corrected chi connectivity index (χ2v) is 6.37. The molecule has 1 aromatic rings. The molecule has 2 rings (SSSR count). The second-order valence-electron chi connectivity index (χ2n) is 6.37. The summed E-state index contributed by atoms with van der Waals surface area (Å²) in [6.45, 7) is 5.23. The Morgan fingerprint density at radius 2 is 1.86 bits per heavy atom. The summed E-state index contributed by atoms with van der Waals surface area (Å²) in [6.07, 6.45) is 6.29. The van der Waals surface area contributed by atoms with E-state index in [-0.39, 0.29) is 0 Å². The van der Waals surface area contributed by atoms with Crippen LogP contribution in [0.25, 0.3) is 0 Å². The van der Waals surface area contributed by atoms with Gasteiger partial charge in [-0.1, -0.05) is 37.0 Å². The third-order valence-corrected chi connectivity index (χ3v) is 4.50. The Labute approximate surface area is 128 Å². The van der Waals surface area contributed by atoms with Crippen molar-refractivity contribution in [2.24, 2.45) is 5.92 Å². The lowest BCUT2D eigenvalue weighted by molar-refractivity contribution is 0.100. The maximum Gasteiger partial charge on any atom is 0.119 e. The van der Waals surface area contributed by atoms with Crippen molar-refractivity contribution in [2.75, 3.05) is 13.2 Å². The summed E-state index contributed by atoms with van der Waals surface area (Å²) < 4.78 is 5.61. The van der Waals surface area contributed by atoms with Crippen LogP contribution in [0.1, 0.15) is 44.6 Å². The van der Waals surface area contributed by atoms with Gasteiger partial charge in [-0.2, -0.15) is 0 Å². The summed E-state index contributed by atoms with van der Waals surface area (Å²) in [5.74, 6) is 1.59. The van der Waals surface area contributed by atoms with Gasteiger partial charge in [0.25, 0.3) is 0 Å². The molecule has 0 radical (unpaired) electrons. The van der Waals surface area contributed by atoms with E-state index in [4.69, 9.17) is 4.74 Å². The van der Waals surface area contributed by atoms with Gasteiger partial charge in [0.05, 0.1) is 0 Å². The lowest BCUT2D eigenvalue weighted by Gasteiger charge is -2.29. The molecular weight excluding hydrogens is 262 g/mol. The third-order valence-electron chi connectivity index (χ3n) is 4.50. The van der Waals surface area contributed by atoms with Crippen molar-refractivity contribution in [3.8, 4) is 5.75 Å². The molecule has 118 valence electrons. The predicted molar refractivity (Wildman–Crippen MR) is 86.7 cm³/mol. The van der Waals surface area contributed by atoms with E-state index in [1.807, 2.05) is 24.3 Å². The van der Waals surface area contributed by atoms with Crippen LogP contribution in [0.5, 0.6) is 5.75 Å². The van der Waals surface area contributed by atoms with E-state index in [1.165, 1.54) is 37.7 Å². The zero-order valence-electron chi connectivity index (χ0n) is 13.3. The van der Waals surface area contributed by atoms with Crippen LogP contribution in [0.2, 0.25) is 0 Å². The minimum atomic E-state index is -0.461. The summed E-state index contributed by atoms with van der Waals surface area (Å²) in [6, 6.07) is 8.41. The van der Waals surface area contributed by atoms with E-state index in [0.29, 0.717) is 19.2 Å². The first-order valence-corrected chi connectivity index (χ1v) is 8.26. The number of hydrogen-bond acceptors (Lipinski definition) is 3. The number of aliphatic hydroxyl groups is 1. The number of nitrogens with one attached hydrogen (secondary N) is 1. The van der Waals surface area contributed by atoms with Gasteiger partial charge in [0.1, 0.15) is 18.5 Å². The van der Waals surface area contributed by atoms with Crippen LogP contribution in [0.4, 0.5) is 0 Å². The molecule has 1 saturated carbocycles. The van der Waals surface area contributed by atoms with Crippen LogP contribution in [0, 0.1) is 12.8 Å². The van der Waals surface area contributed by atoms with Crippen molar-refractivity contribution < 1.29 is 9.84 Å². The molecule has 0 heterocycles. The third kappa shape index (κ3) is 5.68. The Bertz CT molecular complexity index is 398. The van der Waals surface area contributed by atoms with Crippen molar-refractivity contribution in [1.82, 2.24) is 5.32 Å². The summed E-state index contributed by atoms with van der Waals surface area (Å²) in [5, 5.41) is 13.5. The molecule has 21 heavy (non-hydrogen) atoms. The SMILES string of the molecule is Cc1ccc(OCC(O)CN[C@H](C)C2CCCCC2)cc1. The zero-order chi connectivity index (χ0) is 15.1. The summed E-state index contributed by atoms with van der Waals surface area (Å²) in [5.41, 5.74) is 1.21. The van der Waals surface area contributed by atoms with Crippen molar-refractivity contribution in [1.29, 1.82) is 0 Å². The number of aryl methyl sites for hydroxylation is 1. The maximum atomic E-state index is 10.0. The highest BCUT2D eigenvalue weighted by Gasteiger charge is 2.20. The molecule has 1 aliphatic rings. The van der Waals surface area contributed by atoms with Gasteiger partial charge in [-0.25, -0.2) is 0 Å². The van der Waals surface area contributed by atoms with Gasteiger partial charge < -0.3 is 15.2 Å². The fourth-order valence-corrected chi connectivity index (χ4v) is 3.01. The first kappa shape index (κ1) is 16.3. The molecule has 0 spiro atoms. The number of aliphatic hydroxyl groups excluding tert-OH is 1. The fourth-order valence-electron chi connectivity index (χ4n) is 3.01. The fraction of sp³-hybridized carbons (Fsp3) is 0.667. The first-order chi connectivity index (χ1) is 10.1. The molecule has 3 heteroatoms. The predicted octanol–water partition coefficient (Wildman–Crippen LogP) is 3.29. The van der Waals surface area contributed by atoms with E-state index in [2.05, 4.69) is 19.2 Å². The molecule has 1 aliphatic carbocycles. The number of benzene rings is 1. The number of rotatable bonds is 7. The lowest BCUT2D eigenvalue weighted by Crippen LogP contribution is -2.40. The van der Waals surface area contributed by atoms with Gasteiger partial charge in [0.2, 0.25) is 0 Å². The minimum Gasteiger partial charge on any atom is -0.491 e. The normalized spacial score (nSPS) is 19.2. The van der Waals surface area contributed by atoms with Crippen LogP contribution < -0.4 is 10.1 Å². The smallest absolute Gasteiger partial charge is 0.119 e. The van der Waals surface area contributed by atoms with E-state index in [0.717, 1.165) is 11.7 Å². The van der Waals surface area contributed by atoms with E-state index >= 15 is 0 Å². The Kier molecular flexibility index (Phi) is 6.52. The van der Waals surface area contributed by atoms with Crippen molar-refractivity contribution in [3.05, 3.63) is 29.8 Å². The molecule has 2 N–H and O–H groups in total. The van der Waals surface area contributed by atoms with Crippen LogP contribution in [0.15, 0.2) is 24.3 Å². The van der Waals surface area contributed by atoms with E-state index < -0.39 is 6.10 Å². The molecule has 0 saturated heterocycles. The van der Waals surface area contributed by atoms with Crippen LogP contribution in [-0.4, -0.2) is 30.4 Å². The number of hydrogen-bond donors (Lipinski definition) is 2. The van der Waals surface area contributed by atoms with Crippen molar-refractivity contribution >= 4 is 0 Å². The quantitative estimate of drug-likeness (QED) is 0.810.